The van der Waals surface area contributed by atoms with Gasteiger partial charge in [0.25, 0.3) is 0 Å². The van der Waals surface area contributed by atoms with E-state index in [0.717, 1.165) is 48.1 Å². The Balaban J connectivity index is 2.43. The first-order valence-corrected chi connectivity index (χ1v) is 5.55. The molecule has 4 heteroatoms. The third-order valence-electron chi connectivity index (χ3n) is 3.00. The molecule has 1 aliphatic carbocycles. The number of aromatic nitrogens is 1. The SMILES string of the molecule is COC(=O)c1cc2c([n+]([O-])c1)CCCCC2. The van der Waals surface area contributed by atoms with E-state index in [1.807, 2.05) is 0 Å². The van der Waals surface area contributed by atoms with Crippen molar-refractivity contribution in [2.45, 2.75) is 32.1 Å². The summed E-state index contributed by atoms with van der Waals surface area (Å²) in [4.78, 5) is 11.4. The van der Waals surface area contributed by atoms with Gasteiger partial charge in [0, 0.05) is 12.0 Å². The van der Waals surface area contributed by atoms with E-state index in [1.54, 1.807) is 6.07 Å². The summed E-state index contributed by atoms with van der Waals surface area (Å²) in [6.45, 7) is 0. The van der Waals surface area contributed by atoms with Crippen LogP contribution in [-0.2, 0) is 17.6 Å². The normalized spacial score (nSPS) is 15.1. The molecule has 0 aromatic carbocycles. The molecular formula is C12H15NO3. The van der Waals surface area contributed by atoms with Crippen LogP contribution < -0.4 is 4.73 Å². The van der Waals surface area contributed by atoms with E-state index in [2.05, 4.69) is 4.74 Å². The van der Waals surface area contributed by atoms with Crippen LogP contribution in [0.3, 0.4) is 0 Å². The second-order valence-electron chi connectivity index (χ2n) is 4.08. The van der Waals surface area contributed by atoms with Gasteiger partial charge < -0.3 is 9.94 Å². The van der Waals surface area contributed by atoms with Crippen LogP contribution in [0.1, 0.15) is 40.9 Å². The molecule has 0 aliphatic heterocycles. The number of carbonyl (C=O) groups is 1. The number of methoxy groups -OCH3 is 1. The Hall–Kier alpha value is -1.58. The smallest absolute Gasteiger partial charge is 0.344 e. The molecule has 0 unspecified atom stereocenters. The number of rotatable bonds is 1. The van der Waals surface area contributed by atoms with Crippen molar-refractivity contribution in [1.82, 2.24) is 0 Å². The van der Waals surface area contributed by atoms with Gasteiger partial charge in [0.2, 0.25) is 0 Å². The van der Waals surface area contributed by atoms with Gasteiger partial charge in [-0.15, -0.1) is 0 Å². The molecule has 2 rings (SSSR count). The molecule has 1 heterocycles. The van der Waals surface area contributed by atoms with Crippen LogP contribution in [0.4, 0.5) is 0 Å². The molecule has 16 heavy (non-hydrogen) atoms. The summed E-state index contributed by atoms with van der Waals surface area (Å²) in [6.07, 6.45) is 6.27. The van der Waals surface area contributed by atoms with Crippen molar-refractivity contribution >= 4 is 5.97 Å². The summed E-state index contributed by atoms with van der Waals surface area (Å²) in [7, 11) is 1.32. The first kappa shape index (κ1) is 10.9. The van der Waals surface area contributed by atoms with Gasteiger partial charge >= 0.3 is 5.97 Å². The minimum atomic E-state index is -0.448. The topological polar surface area (TPSA) is 53.2 Å². The Labute approximate surface area is 94.4 Å². The maximum Gasteiger partial charge on any atom is 0.344 e. The molecule has 1 aromatic heterocycles. The van der Waals surface area contributed by atoms with Crippen molar-refractivity contribution in [3.63, 3.8) is 0 Å². The molecule has 0 amide bonds. The molecule has 0 N–H and O–H groups in total. The number of esters is 1. The highest BCUT2D eigenvalue weighted by atomic mass is 16.5. The molecule has 0 spiro atoms. The molecule has 4 nitrogen and oxygen atoms in total. The fourth-order valence-corrected chi connectivity index (χ4v) is 2.16. The number of hydrogen-bond donors (Lipinski definition) is 0. The molecule has 0 saturated carbocycles. The Kier molecular flexibility index (Phi) is 3.08. The van der Waals surface area contributed by atoms with Crippen LogP contribution in [0, 0.1) is 5.21 Å². The number of aryl methyl sites for hydroxylation is 1. The lowest BCUT2D eigenvalue weighted by molar-refractivity contribution is -0.614. The van der Waals surface area contributed by atoms with E-state index in [1.165, 1.54) is 13.3 Å². The van der Waals surface area contributed by atoms with E-state index < -0.39 is 5.97 Å². The zero-order chi connectivity index (χ0) is 11.5. The van der Waals surface area contributed by atoms with Crippen molar-refractivity contribution in [2.24, 2.45) is 0 Å². The minimum absolute atomic E-state index is 0.346. The zero-order valence-corrected chi connectivity index (χ0v) is 9.36. The van der Waals surface area contributed by atoms with E-state index in [4.69, 9.17) is 0 Å². The van der Waals surface area contributed by atoms with Gasteiger partial charge in [-0.2, -0.15) is 4.73 Å². The number of carbonyl (C=O) groups excluding carboxylic acids is 1. The van der Waals surface area contributed by atoms with Crippen molar-refractivity contribution in [3.05, 3.63) is 34.3 Å². The fraction of sp³-hybridized carbons (Fsp3) is 0.500. The van der Waals surface area contributed by atoms with E-state index >= 15 is 0 Å². The fourth-order valence-electron chi connectivity index (χ4n) is 2.16. The highest BCUT2D eigenvalue weighted by molar-refractivity contribution is 5.88. The Morgan fingerprint density at radius 2 is 2.12 bits per heavy atom. The van der Waals surface area contributed by atoms with Gasteiger partial charge in [-0.25, -0.2) is 4.79 Å². The van der Waals surface area contributed by atoms with Crippen molar-refractivity contribution in [3.8, 4) is 0 Å². The standard InChI is InChI=1S/C12H15NO3/c1-16-12(14)10-7-9-5-3-2-4-6-11(9)13(15)8-10/h7-8H,2-6H2,1H3. The van der Waals surface area contributed by atoms with Gasteiger partial charge in [-0.05, 0) is 25.3 Å². The molecule has 1 aliphatic rings. The van der Waals surface area contributed by atoms with Gasteiger partial charge in [0.05, 0.1) is 7.11 Å². The van der Waals surface area contributed by atoms with Crippen molar-refractivity contribution in [1.29, 1.82) is 0 Å². The Morgan fingerprint density at radius 3 is 2.88 bits per heavy atom. The van der Waals surface area contributed by atoms with Crippen molar-refractivity contribution < 1.29 is 14.3 Å². The van der Waals surface area contributed by atoms with Gasteiger partial charge in [0.15, 0.2) is 11.9 Å². The summed E-state index contributed by atoms with van der Waals surface area (Å²) in [5, 5.41) is 11.8. The molecule has 1 aromatic rings. The molecule has 86 valence electrons. The highest BCUT2D eigenvalue weighted by Crippen LogP contribution is 2.18. The van der Waals surface area contributed by atoms with E-state index in [-0.39, 0.29) is 0 Å². The Bertz CT molecular complexity index is 415. The average Bonchev–Trinajstić information content (AvgIpc) is 2.53. The van der Waals surface area contributed by atoms with Gasteiger partial charge in [-0.1, -0.05) is 6.42 Å². The number of fused-ring (bicyclic) bond motifs is 1. The summed E-state index contributed by atoms with van der Waals surface area (Å²) < 4.78 is 5.45. The lowest BCUT2D eigenvalue weighted by atomic mass is 10.1. The zero-order valence-electron chi connectivity index (χ0n) is 9.36. The van der Waals surface area contributed by atoms with Gasteiger partial charge in [0.1, 0.15) is 5.56 Å². The summed E-state index contributed by atoms with van der Waals surface area (Å²) in [6, 6.07) is 1.79. The van der Waals surface area contributed by atoms with Crippen LogP contribution >= 0.6 is 0 Å². The van der Waals surface area contributed by atoms with Crippen LogP contribution in [0.25, 0.3) is 0 Å². The average molecular weight is 221 g/mol. The predicted molar refractivity (Wildman–Crippen MR) is 58.0 cm³/mol. The third kappa shape index (κ3) is 2.01. The molecular weight excluding hydrogens is 206 g/mol. The lowest BCUT2D eigenvalue weighted by Crippen LogP contribution is -2.34. The third-order valence-corrected chi connectivity index (χ3v) is 3.00. The summed E-state index contributed by atoms with van der Waals surface area (Å²) in [5.74, 6) is -0.448. The first-order chi connectivity index (χ1) is 7.72. The number of nitrogens with zero attached hydrogens (tertiary/aromatic N) is 1. The maximum absolute atomic E-state index is 11.8. The second-order valence-corrected chi connectivity index (χ2v) is 4.08. The number of hydrogen-bond acceptors (Lipinski definition) is 3. The van der Waals surface area contributed by atoms with Crippen LogP contribution in [0.2, 0.25) is 0 Å². The second kappa shape index (κ2) is 4.51. The lowest BCUT2D eigenvalue weighted by Gasteiger charge is -2.08. The molecule has 0 radical (unpaired) electrons. The molecule has 0 bridgehead atoms. The first-order valence-electron chi connectivity index (χ1n) is 5.55. The van der Waals surface area contributed by atoms with E-state index in [0.29, 0.717) is 5.56 Å². The van der Waals surface area contributed by atoms with Crippen LogP contribution in [-0.4, -0.2) is 13.1 Å². The van der Waals surface area contributed by atoms with E-state index in [9.17, 15) is 10.0 Å². The molecule has 0 atom stereocenters. The molecule has 0 saturated heterocycles. The number of pyridine rings is 1. The number of ether oxygens (including phenoxy) is 1. The monoisotopic (exact) mass is 221 g/mol. The molecule has 0 fully saturated rings. The van der Waals surface area contributed by atoms with Crippen LogP contribution in [0.15, 0.2) is 12.3 Å². The summed E-state index contributed by atoms with van der Waals surface area (Å²) >= 11 is 0. The minimum Gasteiger partial charge on any atom is -0.618 e. The highest BCUT2D eigenvalue weighted by Gasteiger charge is 2.20. The Morgan fingerprint density at radius 1 is 1.38 bits per heavy atom. The predicted octanol–water partition coefficient (Wildman–Crippen LogP) is 1.38. The van der Waals surface area contributed by atoms with Crippen molar-refractivity contribution in [2.75, 3.05) is 7.11 Å². The largest absolute Gasteiger partial charge is 0.618 e. The quantitative estimate of drug-likeness (QED) is 0.311. The summed E-state index contributed by atoms with van der Waals surface area (Å²) in [5.41, 5.74) is 2.15. The van der Waals surface area contributed by atoms with Crippen LogP contribution in [0.5, 0.6) is 0 Å². The maximum atomic E-state index is 11.8. The van der Waals surface area contributed by atoms with Gasteiger partial charge in [-0.3, -0.25) is 0 Å².